The number of esters is 1. The third kappa shape index (κ3) is 9.80. The molecular formula is C27H40ClNO6. The Hall–Kier alpha value is -2.12. The van der Waals surface area contributed by atoms with Crippen molar-refractivity contribution in [1.82, 2.24) is 5.32 Å². The van der Waals surface area contributed by atoms with Crippen LogP contribution in [0.2, 0.25) is 5.02 Å². The van der Waals surface area contributed by atoms with Gasteiger partial charge in [0.2, 0.25) is 5.91 Å². The average Bonchev–Trinajstić information content (AvgIpc) is 3.23. The number of hydrogen-bond acceptors (Lipinski definition) is 5. The molecule has 2 unspecified atom stereocenters. The van der Waals surface area contributed by atoms with Gasteiger partial charge in [0.25, 0.3) is 0 Å². The number of halogens is 1. The quantitative estimate of drug-likeness (QED) is 0.339. The predicted molar refractivity (Wildman–Crippen MR) is 135 cm³/mol. The number of hydrogen-bond donors (Lipinski definition) is 2. The molecule has 1 saturated carbocycles. The zero-order chi connectivity index (χ0) is 26.1. The van der Waals surface area contributed by atoms with Gasteiger partial charge in [-0.15, -0.1) is 0 Å². The van der Waals surface area contributed by atoms with Crippen molar-refractivity contribution in [2.45, 2.75) is 97.3 Å². The lowest BCUT2D eigenvalue weighted by molar-refractivity contribution is -0.162. The summed E-state index contributed by atoms with van der Waals surface area (Å²) in [6.45, 7) is 7.89. The van der Waals surface area contributed by atoms with Gasteiger partial charge in [0, 0.05) is 5.02 Å². The highest BCUT2D eigenvalue weighted by molar-refractivity contribution is 6.30. The summed E-state index contributed by atoms with van der Waals surface area (Å²) in [6, 6.07) is 6.53. The summed E-state index contributed by atoms with van der Waals surface area (Å²) >= 11 is 5.91. The number of ether oxygens (including phenoxy) is 2. The Labute approximate surface area is 213 Å². The van der Waals surface area contributed by atoms with Crippen molar-refractivity contribution in [1.29, 1.82) is 0 Å². The molecule has 0 spiro atoms. The zero-order valence-corrected chi connectivity index (χ0v) is 22.2. The number of carbonyl (C=O) groups excluding carboxylic acids is 2. The molecule has 0 aliphatic heterocycles. The Balaban J connectivity index is 2.08. The van der Waals surface area contributed by atoms with E-state index in [-0.39, 0.29) is 37.4 Å². The largest absolute Gasteiger partial charge is 0.481 e. The second kappa shape index (κ2) is 13.3. The van der Waals surface area contributed by atoms with Crippen molar-refractivity contribution in [3.8, 4) is 0 Å². The van der Waals surface area contributed by atoms with Gasteiger partial charge in [-0.2, -0.15) is 0 Å². The number of rotatable bonds is 13. The molecule has 0 heterocycles. The summed E-state index contributed by atoms with van der Waals surface area (Å²) in [6.07, 6.45) is 4.77. The first-order valence-corrected chi connectivity index (χ1v) is 12.9. The van der Waals surface area contributed by atoms with Crippen LogP contribution in [0, 0.1) is 11.3 Å². The van der Waals surface area contributed by atoms with E-state index < -0.39 is 23.0 Å². The Morgan fingerprint density at radius 3 is 2.31 bits per heavy atom. The maximum Gasteiger partial charge on any atom is 0.309 e. The predicted octanol–water partition coefficient (Wildman–Crippen LogP) is 5.52. The summed E-state index contributed by atoms with van der Waals surface area (Å²) in [5.74, 6) is -1.85. The molecule has 1 aromatic rings. The molecule has 7 nitrogen and oxygen atoms in total. The van der Waals surface area contributed by atoms with Crippen LogP contribution >= 0.6 is 11.6 Å². The van der Waals surface area contributed by atoms with Gasteiger partial charge in [-0.25, -0.2) is 0 Å². The highest BCUT2D eigenvalue weighted by Crippen LogP contribution is 2.45. The Morgan fingerprint density at radius 1 is 1.14 bits per heavy atom. The summed E-state index contributed by atoms with van der Waals surface area (Å²) < 4.78 is 11.4. The molecule has 1 amide bonds. The normalized spacial score (nSPS) is 16.9. The Kier molecular flexibility index (Phi) is 11.0. The molecule has 0 aromatic heterocycles. The number of benzene rings is 1. The van der Waals surface area contributed by atoms with Crippen LogP contribution in [0.3, 0.4) is 0 Å². The minimum Gasteiger partial charge on any atom is -0.481 e. The fourth-order valence-corrected chi connectivity index (χ4v) is 4.81. The maximum absolute atomic E-state index is 13.6. The van der Waals surface area contributed by atoms with Gasteiger partial charge in [-0.05, 0) is 64.2 Å². The van der Waals surface area contributed by atoms with Crippen molar-refractivity contribution in [2.75, 3.05) is 6.61 Å². The van der Waals surface area contributed by atoms with E-state index in [0.717, 1.165) is 24.8 Å². The molecule has 2 N–H and O–H groups in total. The van der Waals surface area contributed by atoms with Crippen molar-refractivity contribution in [2.24, 2.45) is 11.3 Å². The first-order valence-electron chi connectivity index (χ1n) is 12.5. The van der Waals surface area contributed by atoms with Crippen LogP contribution in [-0.4, -0.2) is 41.2 Å². The van der Waals surface area contributed by atoms with E-state index in [1.165, 1.54) is 0 Å². The summed E-state index contributed by atoms with van der Waals surface area (Å²) in [5.41, 5.74) is -0.395. The van der Waals surface area contributed by atoms with Crippen LogP contribution < -0.4 is 5.32 Å². The van der Waals surface area contributed by atoms with Crippen LogP contribution in [0.4, 0.5) is 0 Å². The summed E-state index contributed by atoms with van der Waals surface area (Å²) in [7, 11) is 0. The highest BCUT2D eigenvalue weighted by Gasteiger charge is 2.45. The number of amides is 1. The van der Waals surface area contributed by atoms with E-state index in [9.17, 15) is 19.5 Å². The molecule has 196 valence electrons. The molecule has 35 heavy (non-hydrogen) atoms. The van der Waals surface area contributed by atoms with Gasteiger partial charge in [0.1, 0.15) is 5.60 Å². The molecular weight excluding hydrogens is 470 g/mol. The first kappa shape index (κ1) is 29.1. The van der Waals surface area contributed by atoms with Gasteiger partial charge < -0.3 is 19.9 Å². The van der Waals surface area contributed by atoms with Crippen LogP contribution in [0.25, 0.3) is 0 Å². The minimum atomic E-state index is -1.01. The maximum atomic E-state index is 13.6. The van der Waals surface area contributed by atoms with E-state index in [2.05, 4.69) is 5.32 Å². The Morgan fingerprint density at radius 2 is 1.77 bits per heavy atom. The lowest BCUT2D eigenvalue weighted by Gasteiger charge is -2.33. The van der Waals surface area contributed by atoms with Crippen LogP contribution in [-0.2, 0) is 30.5 Å². The van der Waals surface area contributed by atoms with Crippen LogP contribution in [0.15, 0.2) is 24.3 Å². The Bertz CT molecular complexity index is 842. The number of nitrogens with one attached hydrogen (secondary N) is 1. The molecule has 0 saturated heterocycles. The number of carboxylic acid groups (broad SMARTS) is 1. The molecule has 1 aromatic carbocycles. The molecule has 1 fully saturated rings. The molecule has 8 heteroatoms. The van der Waals surface area contributed by atoms with Crippen LogP contribution in [0.1, 0.15) is 84.6 Å². The highest BCUT2D eigenvalue weighted by atomic mass is 35.5. The number of carbonyl (C=O) groups is 3. The fraction of sp³-hybridized carbons (Fsp3) is 0.667. The van der Waals surface area contributed by atoms with Gasteiger partial charge in [-0.3, -0.25) is 14.4 Å². The van der Waals surface area contributed by atoms with E-state index >= 15 is 0 Å². The van der Waals surface area contributed by atoms with Crippen molar-refractivity contribution in [3.05, 3.63) is 34.9 Å². The third-order valence-electron chi connectivity index (χ3n) is 6.31. The molecule has 1 aliphatic carbocycles. The molecule has 0 bridgehead atoms. The molecule has 2 atom stereocenters. The van der Waals surface area contributed by atoms with E-state index in [4.69, 9.17) is 21.1 Å². The number of carboxylic acids is 1. The summed E-state index contributed by atoms with van der Waals surface area (Å²) in [4.78, 5) is 37.9. The molecule has 1 aliphatic rings. The standard InChI is InChI=1S/C27H40ClNO6/c1-5-8-20(24(32)35-26(2,3)4)16-27(13-6-7-14-27)25(33)29-22(15-23(30)31)18-34-17-19-9-11-21(28)12-10-19/h9-12,20,22H,5-8,13-18H2,1-4H3,(H,29,33)(H,30,31). The first-order chi connectivity index (χ1) is 16.4. The lowest BCUT2D eigenvalue weighted by atomic mass is 9.75. The van der Waals surface area contributed by atoms with Crippen molar-refractivity contribution >= 4 is 29.4 Å². The van der Waals surface area contributed by atoms with Gasteiger partial charge in [0.15, 0.2) is 0 Å². The fourth-order valence-electron chi connectivity index (χ4n) is 4.68. The smallest absolute Gasteiger partial charge is 0.309 e. The monoisotopic (exact) mass is 509 g/mol. The number of aliphatic carboxylic acids is 1. The van der Waals surface area contributed by atoms with Gasteiger partial charge in [0.05, 0.1) is 37.0 Å². The molecule has 2 rings (SSSR count). The average molecular weight is 510 g/mol. The zero-order valence-electron chi connectivity index (χ0n) is 21.4. The second-order valence-corrected chi connectivity index (χ2v) is 11.1. The van der Waals surface area contributed by atoms with E-state index in [1.54, 1.807) is 12.1 Å². The second-order valence-electron chi connectivity index (χ2n) is 10.6. The van der Waals surface area contributed by atoms with Gasteiger partial charge >= 0.3 is 11.9 Å². The van der Waals surface area contributed by atoms with Gasteiger partial charge in [-0.1, -0.05) is 49.9 Å². The molecule has 0 radical (unpaired) electrons. The topological polar surface area (TPSA) is 102 Å². The third-order valence-corrected chi connectivity index (χ3v) is 6.57. The lowest BCUT2D eigenvalue weighted by Crippen LogP contribution is -2.48. The van der Waals surface area contributed by atoms with E-state index in [0.29, 0.717) is 30.7 Å². The SMILES string of the molecule is CCCC(CC1(C(=O)NC(COCc2ccc(Cl)cc2)CC(=O)O)CCCC1)C(=O)OC(C)(C)C. The summed E-state index contributed by atoms with van der Waals surface area (Å²) in [5, 5.41) is 13.0. The minimum absolute atomic E-state index is 0.0706. The van der Waals surface area contributed by atoms with E-state index in [1.807, 2.05) is 39.8 Å². The van der Waals surface area contributed by atoms with Crippen LogP contribution in [0.5, 0.6) is 0 Å². The van der Waals surface area contributed by atoms with Crippen molar-refractivity contribution < 1.29 is 29.0 Å². The van der Waals surface area contributed by atoms with Crippen molar-refractivity contribution in [3.63, 3.8) is 0 Å².